The highest BCUT2D eigenvalue weighted by molar-refractivity contribution is 9.09. The van der Waals surface area contributed by atoms with Crippen molar-refractivity contribution in [3.05, 3.63) is 34.9 Å². The predicted molar refractivity (Wildman–Crippen MR) is 66.3 cm³/mol. The molecule has 104 valence electrons. The van der Waals surface area contributed by atoms with Crippen molar-refractivity contribution in [2.45, 2.75) is 24.3 Å². The van der Waals surface area contributed by atoms with Gasteiger partial charge in [-0.05, 0) is 24.1 Å². The maximum Gasteiger partial charge on any atom is 0.337 e. The summed E-state index contributed by atoms with van der Waals surface area (Å²) in [6.45, 7) is 1.26. The number of benzene rings is 1. The van der Waals surface area contributed by atoms with E-state index in [-0.39, 0.29) is 16.9 Å². The van der Waals surface area contributed by atoms with Gasteiger partial charge in [-0.1, -0.05) is 28.1 Å². The van der Waals surface area contributed by atoms with E-state index in [0.717, 1.165) is 12.1 Å². The number of halogens is 3. The molecule has 0 fully saturated rings. The number of carbonyl (C=O) groups excluding carboxylic acids is 1. The summed E-state index contributed by atoms with van der Waals surface area (Å²) >= 11 is 3.04. The number of hydrogen-bond donors (Lipinski definition) is 2. The van der Waals surface area contributed by atoms with Gasteiger partial charge < -0.3 is 10.2 Å². The molecule has 2 atom stereocenters. The van der Waals surface area contributed by atoms with Gasteiger partial charge in [0.15, 0.2) is 6.10 Å². The minimum atomic E-state index is -2.79. The maximum atomic E-state index is 12.6. The Morgan fingerprint density at radius 3 is 2.26 bits per heavy atom. The Labute approximate surface area is 116 Å². The quantitative estimate of drug-likeness (QED) is 0.811. The molecule has 0 spiro atoms. The van der Waals surface area contributed by atoms with Crippen LogP contribution in [0.25, 0.3) is 0 Å². The molecule has 0 saturated heterocycles. The van der Waals surface area contributed by atoms with E-state index in [1.54, 1.807) is 0 Å². The molecule has 2 unspecified atom stereocenters. The SMILES string of the molecule is CC(=O)C(Br)c1ccc(C(F)F)cc1C(O)C(=O)O. The van der Waals surface area contributed by atoms with E-state index in [9.17, 15) is 23.5 Å². The zero-order valence-corrected chi connectivity index (χ0v) is 11.4. The van der Waals surface area contributed by atoms with E-state index < -0.39 is 28.9 Å². The number of Topliss-reactive ketones (excluding diaryl/α,β-unsaturated/α-hetero) is 1. The Hall–Kier alpha value is -1.34. The molecule has 2 N–H and O–H groups in total. The number of alkyl halides is 3. The summed E-state index contributed by atoms with van der Waals surface area (Å²) in [6.07, 6.45) is -4.76. The third-order valence-corrected chi connectivity index (χ3v) is 3.66. The molecule has 1 aromatic carbocycles. The average Bonchev–Trinajstić information content (AvgIpc) is 2.35. The molecule has 19 heavy (non-hydrogen) atoms. The van der Waals surface area contributed by atoms with Crippen LogP contribution in [-0.4, -0.2) is 22.0 Å². The van der Waals surface area contributed by atoms with Crippen LogP contribution >= 0.6 is 15.9 Å². The molecule has 1 aromatic rings. The summed E-state index contributed by atoms with van der Waals surface area (Å²) in [5.74, 6) is -1.90. The number of aliphatic carboxylic acids is 1. The first-order chi connectivity index (χ1) is 8.75. The molecule has 0 aliphatic carbocycles. The number of aliphatic hydroxyl groups is 1. The van der Waals surface area contributed by atoms with Gasteiger partial charge in [-0.25, -0.2) is 13.6 Å². The summed E-state index contributed by atoms with van der Waals surface area (Å²) < 4.78 is 25.2. The van der Waals surface area contributed by atoms with Gasteiger partial charge in [0.1, 0.15) is 5.78 Å². The van der Waals surface area contributed by atoms with E-state index in [1.165, 1.54) is 13.0 Å². The first kappa shape index (κ1) is 15.7. The van der Waals surface area contributed by atoms with Crippen molar-refractivity contribution in [3.63, 3.8) is 0 Å². The fourth-order valence-corrected chi connectivity index (χ4v) is 1.97. The van der Waals surface area contributed by atoms with Crippen LogP contribution in [-0.2, 0) is 9.59 Å². The molecule has 0 amide bonds. The number of aliphatic hydroxyl groups excluding tert-OH is 1. The summed E-state index contributed by atoms with van der Waals surface area (Å²) in [7, 11) is 0. The van der Waals surface area contributed by atoms with Crippen molar-refractivity contribution in [3.8, 4) is 0 Å². The number of carbonyl (C=O) groups is 2. The van der Waals surface area contributed by atoms with E-state index in [0.29, 0.717) is 0 Å². The van der Waals surface area contributed by atoms with Gasteiger partial charge in [0.2, 0.25) is 0 Å². The second-order valence-corrected chi connectivity index (χ2v) is 4.82. The van der Waals surface area contributed by atoms with Crippen molar-refractivity contribution in [1.29, 1.82) is 0 Å². The highest BCUT2D eigenvalue weighted by Gasteiger charge is 2.26. The van der Waals surface area contributed by atoms with Gasteiger partial charge in [0.05, 0.1) is 4.83 Å². The van der Waals surface area contributed by atoms with Gasteiger partial charge in [-0.15, -0.1) is 0 Å². The van der Waals surface area contributed by atoms with Crippen LogP contribution in [0.15, 0.2) is 18.2 Å². The van der Waals surface area contributed by atoms with Crippen LogP contribution in [0.2, 0.25) is 0 Å². The topological polar surface area (TPSA) is 74.6 Å². The Kier molecular flexibility index (Phi) is 5.13. The van der Waals surface area contributed by atoms with Crippen LogP contribution < -0.4 is 0 Å². The van der Waals surface area contributed by atoms with Gasteiger partial charge in [-0.3, -0.25) is 4.79 Å². The number of rotatable bonds is 5. The molecule has 7 heteroatoms. The highest BCUT2D eigenvalue weighted by atomic mass is 79.9. The lowest BCUT2D eigenvalue weighted by atomic mass is 9.96. The summed E-state index contributed by atoms with van der Waals surface area (Å²) in [5, 5.41) is 18.3. The molecule has 0 saturated carbocycles. The van der Waals surface area contributed by atoms with Gasteiger partial charge >= 0.3 is 5.97 Å². The molecule has 4 nitrogen and oxygen atoms in total. The molecule has 0 bridgehead atoms. The second kappa shape index (κ2) is 6.21. The zero-order valence-electron chi connectivity index (χ0n) is 9.81. The fourth-order valence-electron chi connectivity index (χ4n) is 1.55. The van der Waals surface area contributed by atoms with E-state index in [4.69, 9.17) is 5.11 Å². The highest BCUT2D eigenvalue weighted by Crippen LogP contribution is 2.33. The number of carboxylic acid groups (broad SMARTS) is 1. The molecule has 0 aromatic heterocycles. The third-order valence-electron chi connectivity index (χ3n) is 2.52. The van der Waals surface area contributed by atoms with Crippen LogP contribution in [0.4, 0.5) is 8.78 Å². The minimum absolute atomic E-state index is 0.159. The Morgan fingerprint density at radius 2 is 1.84 bits per heavy atom. The summed E-state index contributed by atoms with van der Waals surface area (Å²) in [6, 6.07) is 3.20. The normalized spacial score (nSPS) is 14.2. The Bertz CT molecular complexity index is 505. The first-order valence-electron chi connectivity index (χ1n) is 5.23. The van der Waals surface area contributed by atoms with Crippen molar-refractivity contribution in [2.75, 3.05) is 0 Å². The van der Waals surface area contributed by atoms with Crippen LogP contribution in [0, 0.1) is 0 Å². The van der Waals surface area contributed by atoms with Crippen LogP contribution in [0.3, 0.4) is 0 Å². The van der Waals surface area contributed by atoms with Gasteiger partial charge in [0, 0.05) is 5.56 Å². The zero-order chi connectivity index (χ0) is 14.7. The molecule has 0 aliphatic heterocycles. The minimum Gasteiger partial charge on any atom is -0.479 e. The second-order valence-electron chi connectivity index (χ2n) is 3.90. The summed E-state index contributed by atoms with van der Waals surface area (Å²) in [4.78, 5) is 21.2. The lowest BCUT2D eigenvalue weighted by Crippen LogP contribution is -2.15. The molecule has 1 rings (SSSR count). The third kappa shape index (κ3) is 3.57. The van der Waals surface area contributed by atoms with Crippen molar-refractivity contribution >= 4 is 27.7 Å². The largest absolute Gasteiger partial charge is 0.479 e. The lowest BCUT2D eigenvalue weighted by Gasteiger charge is -2.16. The molecular weight excluding hydrogens is 326 g/mol. The Morgan fingerprint density at radius 1 is 1.26 bits per heavy atom. The van der Waals surface area contributed by atoms with Crippen molar-refractivity contribution in [1.82, 2.24) is 0 Å². The monoisotopic (exact) mass is 336 g/mol. The standard InChI is InChI=1S/C12H11BrF2O4/c1-5(16)9(13)7-3-2-6(11(14)15)4-8(7)10(17)12(18)19/h2-4,9-11,17H,1H3,(H,18,19). The van der Waals surface area contributed by atoms with Crippen LogP contribution in [0.1, 0.15) is 41.0 Å². The van der Waals surface area contributed by atoms with Gasteiger partial charge in [-0.2, -0.15) is 0 Å². The van der Waals surface area contributed by atoms with Gasteiger partial charge in [0.25, 0.3) is 6.43 Å². The van der Waals surface area contributed by atoms with Crippen molar-refractivity contribution in [2.24, 2.45) is 0 Å². The predicted octanol–water partition coefficient (Wildman–Crippen LogP) is 2.77. The molecule has 0 heterocycles. The number of ketones is 1. The smallest absolute Gasteiger partial charge is 0.337 e. The molecular formula is C12H11BrF2O4. The molecule has 0 radical (unpaired) electrons. The number of hydrogen-bond acceptors (Lipinski definition) is 3. The van der Waals surface area contributed by atoms with E-state index in [2.05, 4.69) is 15.9 Å². The van der Waals surface area contributed by atoms with Crippen LogP contribution in [0.5, 0.6) is 0 Å². The van der Waals surface area contributed by atoms with E-state index >= 15 is 0 Å². The first-order valence-corrected chi connectivity index (χ1v) is 6.14. The van der Waals surface area contributed by atoms with E-state index in [1.807, 2.05) is 0 Å². The number of carboxylic acids is 1. The fraction of sp³-hybridized carbons (Fsp3) is 0.333. The Balaban J connectivity index is 3.38. The van der Waals surface area contributed by atoms with Crippen molar-refractivity contribution < 1.29 is 28.6 Å². The summed E-state index contributed by atoms with van der Waals surface area (Å²) in [5.41, 5.74) is -0.475. The lowest BCUT2D eigenvalue weighted by molar-refractivity contribution is -0.147. The maximum absolute atomic E-state index is 12.6. The molecule has 0 aliphatic rings. The average molecular weight is 337 g/mol.